The second kappa shape index (κ2) is 11.2. The summed E-state index contributed by atoms with van der Waals surface area (Å²) < 4.78 is 43.8. The zero-order chi connectivity index (χ0) is 27.4. The van der Waals surface area contributed by atoms with E-state index in [-0.39, 0.29) is 36.4 Å². The molecule has 0 unspecified atom stereocenters. The maximum Gasteiger partial charge on any atom is 0.310 e. The van der Waals surface area contributed by atoms with Gasteiger partial charge in [0.25, 0.3) is 5.56 Å². The summed E-state index contributed by atoms with van der Waals surface area (Å²) in [6.45, 7) is -0.336. The molecule has 0 bridgehead atoms. The Morgan fingerprint density at radius 3 is 2.34 bits per heavy atom. The molecule has 1 aliphatic heterocycles. The zero-order valence-corrected chi connectivity index (χ0v) is 19.9. The Balaban J connectivity index is 1.71. The molecule has 38 heavy (non-hydrogen) atoms. The second-order valence-electron chi connectivity index (χ2n) is 8.65. The van der Waals surface area contributed by atoms with E-state index in [1.54, 1.807) is 6.07 Å². The van der Waals surface area contributed by atoms with Crippen molar-refractivity contribution in [2.24, 2.45) is 0 Å². The van der Waals surface area contributed by atoms with Crippen LogP contribution in [0.1, 0.15) is 35.1 Å². The fraction of sp³-hybridized carbons (Fsp3) is 0.185. The van der Waals surface area contributed by atoms with Gasteiger partial charge >= 0.3 is 5.91 Å². The van der Waals surface area contributed by atoms with Crippen LogP contribution in [-0.4, -0.2) is 38.8 Å². The van der Waals surface area contributed by atoms with E-state index in [0.29, 0.717) is 12.5 Å². The quantitative estimate of drug-likeness (QED) is 0.267. The molecule has 1 saturated heterocycles. The number of hydrazine groups is 1. The van der Waals surface area contributed by atoms with Gasteiger partial charge in [0.15, 0.2) is 0 Å². The molecule has 4 rings (SSSR count). The maximum absolute atomic E-state index is 14.3. The lowest BCUT2D eigenvalue weighted by Crippen LogP contribution is -2.45. The third-order valence-electron chi connectivity index (χ3n) is 5.96. The van der Waals surface area contributed by atoms with Crippen molar-refractivity contribution in [2.75, 3.05) is 6.54 Å². The summed E-state index contributed by atoms with van der Waals surface area (Å²) >= 11 is 0. The molecule has 1 aliphatic rings. The van der Waals surface area contributed by atoms with Gasteiger partial charge in [0.2, 0.25) is 11.7 Å². The minimum Gasteiger partial charge on any atom is -0.507 e. The summed E-state index contributed by atoms with van der Waals surface area (Å²) in [6.07, 6.45) is 2.44. The molecule has 2 amide bonds. The normalized spacial score (nSPS) is 13.6. The topological polar surface area (TPSA) is 109 Å². The molecule has 2 heterocycles. The summed E-state index contributed by atoms with van der Waals surface area (Å²) in [7, 11) is 0. The number of hydrogen-bond acceptors (Lipinski definition) is 5. The number of nitrogens with one attached hydrogen (secondary N) is 1. The molecule has 0 saturated carbocycles. The lowest BCUT2D eigenvalue weighted by atomic mass is 10.0. The average Bonchev–Trinajstić information content (AvgIpc) is 3.28. The van der Waals surface area contributed by atoms with Crippen LogP contribution in [-0.2, 0) is 27.3 Å². The Labute approximate surface area is 214 Å². The number of benzene rings is 2. The summed E-state index contributed by atoms with van der Waals surface area (Å²) in [5, 5.41) is 11.6. The Hall–Kier alpha value is -4.67. The van der Waals surface area contributed by atoms with Crippen molar-refractivity contribution in [3.8, 4) is 0 Å². The second-order valence-corrected chi connectivity index (χ2v) is 8.65. The molecule has 0 atom stereocenters. The largest absolute Gasteiger partial charge is 0.507 e. The van der Waals surface area contributed by atoms with Gasteiger partial charge < -0.3 is 9.67 Å². The van der Waals surface area contributed by atoms with E-state index >= 15 is 0 Å². The van der Waals surface area contributed by atoms with Crippen molar-refractivity contribution in [1.29, 1.82) is 0 Å². The van der Waals surface area contributed by atoms with Crippen molar-refractivity contribution in [2.45, 2.75) is 25.8 Å². The van der Waals surface area contributed by atoms with Crippen LogP contribution >= 0.6 is 0 Å². The van der Waals surface area contributed by atoms with E-state index in [1.165, 1.54) is 30.5 Å². The highest BCUT2D eigenvalue weighted by molar-refractivity contribution is 6.41. The number of aromatic nitrogens is 1. The first-order valence-corrected chi connectivity index (χ1v) is 11.6. The summed E-state index contributed by atoms with van der Waals surface area (Å²) in [6, 6.07) is 10.2. The van der Waals surface area contributed by atoms with E-state index in [1.807, 2.05) is 0 Å². The number of hydrogen-bond donors (Lipinski definition) is 2. The zero-order valence-electron chi connectivity index (χ0n) is 19.9. The van der Waals surface area contributed by atoms with Gasteiger partial charge in [-0.1, -0.05) is 24.3 Å². The van der Waals surface area contributed by atoms with E-state index in [0.717, 1.165) is 27.8 Å². The molecule has 0 spiro atoms. The van der Waals surface area contributed by atoms with Gasteiger partial charge in [-0.15, -0.1) is 0 Å². The molecule has 0 aliphatic carbocycles. The Kier molecular flexibility index (Phi) is 7.75. The highest BCUT2D eigenvalue weighted by Gasteiger charge is 2.25. The van der Waals surface area contributed by atoms with E-state index in [9.17, 15) is 37.5 Å². The van der Waals surface area contributed by atoms with Crippen molar-refractivity contribution in [3.05, 3.63) is 111 Å². The first-order chi connectivity index (χ1) is 18.1. The fourth-order valence-corrected chi connectivity index (χ4v) is 4.02. The summed E-state index contributed by atoms with van der Waals surface area (Å²) in [4.78, 5) is 49.4. The van der Waals surface area contributed by atoms with E-state index in [4.69, 9.17) is 0 Å². The molecule has 8 nitrogen and oxygen atoms in total. The van der Waals surface area contributed by atoms with Gasteiger partial charge in [-0.05, 0) is 41.8 Å². The SMILES string of the molecule is O=C(C=C(O)c1cc(Cc2ccccc2F)cn(Cc2c(F)cccc2F)c1=O)C(=O)NN1CCCC1=O. The number of nitrogens with zero attached hydrogens (tertiary/aromatic N) is 2. The minimum atomic E-state index is -1.24. The minimum absolute atomic E-state index is 0.0571. The lowest BCUT2D eigenvalue weighted by Gasteiger charge is -2.15. The number of rotatable bonds is 8. The van der Waals surface area contributed by atoms with Crippen LogP contribution in [0.15, 0.2) is 65.6 Å². The molecule has 11 heteroatoms. The summed E-state index contributed by atoms with van der Waals surface area (Å²) in [5.41, 5.74) is 0.878. The van der Waals surface area contributed by atoms with Crippen LogP contribution in [0.2, 0.25) is 0 Å². The lowest BCUT2D eigenvalue weighted by molar-refractivity contribution is -0.143. The van der Waals surface area contributed by atoms with Crippen LogP contribution < -0.4 is 11.0 Å². The Morgan fingerprint density at radius 1 is 1.00 bits per heavy atom. The predicted octanol–water partition coefficient (Wildman–Crippen LogP) is 3.03. The number of aliphatic hydroxyl groups excluding tert-OH is 1. The monoisotopic (exact) mass is 525 g/mol. The van der Waals surface area contributed by atoms with Crippen LogP contribution in [0.25, 0.3) is 5.76 Å². The average molecular weight is 525 g/mol. The van der Waals surface area contributed by atoms with Gasteiger partial charge in [-0.3, -0.25) is 29.6 Å². The summed E-state index contributed by atoms with van der Waals surface area (Å²) in [5.74, 6) is -6.04. The first-order valence-electron chi connectivity index (χ1n) is 11.6. The Morgan fingerprint density at radius 2 is 1.68 bits per heavy atom. The number of halogens is 3. The fourth-order valence-electron chi connectivity index (χ4n) is 4.02. The van der Waals surface area contributed by atoms with Crippen molar-refractivity contribution in [3.63, 3.8) is 0 Å². The first kappa shape index (κ1) is 26.4. The highest BCUT2D eigenvalue weighted by Crippen LogP contribution is 2.18. The number of amides is 2. The maximum atomic E-state index is 14.3. The van der Waals surface area contributed by atoms with E-state index in [2.05, 4.69) is 5.43 Å². The molecule has 3 aromatic rings. The predicted molar refractivity (Wildman–Crippen MR) is 130 cm³/mol. The van der Waals surface area contributed by atoms with Crippen LogP contribution in [0.4, 0.5) is 13.2 Å². The molecule has 0 radical (unpaired) electrons. The van der Waals surface area contributed by atoms with Crippen molar-refractivity contribution < 1.29 is 32.7 Å². The van der Waals surface area contributed by atoms with Crippen LogP contribution in [0, 0.1) is 17.5 Å². The van der Waals surface area contributed by atoms with Gasteiger partial charge in [-0.25, -0.2) is 13.2 Å². The molecule has 1 aromatic heterocycles. The third-order valence-corrected chi connectivity index (χ3v) is 5.96. The number of ketones is 1. The number of carbonyl (C=O) groups is 3. The molecular weight excluding hydrogens is 503 g/mol. The molecule has 2 N–H and O–H groups in total. The van der Waals surface area contributed by atoms with Gasteiger partial charge in [-0.2, -0.15) is 0 Å². The Bertz CT molecular complexity index is 1500. The highest BCUT2D eigenvalue weighted by atomic mass is 19.1. The van der Waals surface area contributed by atoms with Crippen LogP contribution in [0.5, 0.6) is 0 Å². The standard InChI is InChI=1S/C27H22F3N3O5/c28-20-6-2-1-5-17(20)11-16-12-18(23(34)13-24(35)26(37)31-33-10-4-9-25(33)36)27(38)32(14-16)15-19-21(29)7-3-8-22(19)30/h1-3,5-8,12-14,34H,4,9-11,15H2,(H,31,37). The molecular formula is C27H22F3N3O5. The van der Waals surface area contributed by atoms with Crippen molar-refractivity contribution in [1.82, 2.24) is 15.0 Å². The third kappa shape index (κ3) is 5.83. The van der Waals surface area contributed by atoms with Crippen LogP contribution in [0.3, 0.4) is 0 Å². The van der Waals surface area contributed by atoms with Gasteiger partial charge in [0, 0.05) is 37.2 Å². The molecule has 1 fully saturated rings. The smallest absolute Gasteiger partial charge is 0.310 e. The number of pyridine rings is 1. The van der Waals surface area contributed by atoms with Crippen molar-refractivity contribution >= 4 is 23.4 Å². The van der Waals surface area contributed by atoms with Gasteiger partial charge in [0.05, 0.1) is 12.1 Å². The number of carbonyl (C=O) groups excluding carboxylic acids is 3. The van der Waals surface area contributed by atoms with Gasteiger partial charge in [0.1, 0.15) is 23.2 Å². The number of aliphatic hydroxyl groups is 1. The molecule has 2 aromatic carbocycles. The van der Waals surface area contributed by atoms with E-state index < -0.39 is 58.1 Å². The molecule has 196 valence electrons.